The number of benzene rings is 2. The van der Waals surface area contributed by atoms with Gasteiger partial charge in [-0.2, -0.15) is 0 Å². The van der Waals surface area contributed by atoms with Crippen molar-refractivity contribution >= 4 is 17.6 Å². The number of nitrogens with zero attached hydrogens (tertiary/aromatic N) is 2. The van der Waals surface area contributed by atoms with E-state index >= 15 is 0 Å². The van der Waals surface area contributed by atoms with Gasteiger partial charge < -0.3 is 14.4 Å². The summed E-state index contributed by atoms with van der Waals surface area (Å²) in [6.07, 6.45) is 0.0202. The van der Waals surface area contributed by atoms with Crippen molar-refractivity contribution in [2.24, 2.45) is 0 Å². The highest BCUT2D eigenvalue weighted by atomic mass is 16.6. The molecule has 0 saturated carbocycles. The first-order valence-corrected chi connectivity index (χ1v) is 8.59. The molecule has 0 spiro atoms. The Kier molecular flexibility index (Phi) is 7.08. The van der Waals surface area contributed by atoms with E-state index in [0.29, 0.717) is 0 Å². The fraction of sp³-hybridized carbons (Fsp3) is 0.300. The summed E-state index contributed by atoms with van der Waals surface area (Å²) in [6, 6.07) is 11.7. The van der Waals surface area contributed by atoms with Crippen LogP contribution < -0.4 is 4.74 Å². The van der Waals surface area contributed by atoms with Crippen LogP contribution >= 0.6 is 0 Å². The Morgan fingerprint density at radius 1 is 1.11 bits per heavy atom. The number of nitro benzene ring substituents is 1. The van der Waals surface area contributed by atoms with Crippen molar-refractivity contribution in [2.75, 3.05) is 20.8 Å². The number of hydrogen-bond donors (Lipinski definition) is 0. The highest BCUT2D eigenvalue weighted by Crippen LogP contribution is 2.28. The lowest BCUT2D eigenvalue weighted by molar-refractivity contribution is -0.385. The van der Waals surface area contributed by atoms with Crippen LogP contribution in [0.3, 0.4) is 0 Å². The zero-order valence-corrected chi connectivity index (χ0v) is 16.0. The molecule has 0 aliphatic rings. The number of methoxy groups -OCH3 is 2. The van der Waals surface area contributed by atoms with Gasteiger partial charge in [0, 0.05) is 24.7 Å². The molecular formula is C20H22N2O6. The van der Waals surface area contributed by atoms with Crippen molar-refractivity contribution in [2.45, 2.75) is 19.9 Å². The van der Waals surface area contributed by atoms with Gasteiger partial charge in [0.05, 0.1) is 25.6 Å². The Hall–Kier alpha value is -3.42. The van der Waals surface area contributed by atoms with Gasteiger partial charge in [0.25, 0.3) is 5.91 Å². The zero-order valence-electron chi connectivity index (χ0n) is 16.0. The maximum atomic E-state index is 13.0. The normalized spacial score (nSPS) is 10.2. The fourth-order valence-corrected chi connectivity index (χ4v) is 2.64. The summed E-state index contributed by atoms with van der Waals surface area (Å²) in [5.41, 5.74) is 1.81. The van der Waals surface area contributed by atoms with E-state index in [0.717, 1.165) is 11.1 Å². The average Bonchev–Trinajstić information content (AvgIpc) is 2.71. The molecule has 28 heavy (non-hydrogen) atoms. The van der Waals surface area contributed by atoms with E-state index in [2.05, 4.69) is 4.74 Å². The monoisotopic (exact) mass is 386 g/mol. The third-order valence-corrected chi connectivity index (χ3v) is 4.22. The molecule has 0 aliphatic heterocycles. The number of aryl methyl sites for hydroxylation is 1. The Balaban J connectivity index is 2.31. The Morgan fingerprint density at radius 3 is 2.36 bits per heavy atom. The number of esters is 1. The van der Waals surface area contributed by atoms with E-state index in [1.54, 1.807) is 0 Å². The lowest BCUT2D eigenvalue weighted by Crippen LogP contribution is -2.32. The quantitative estimate of drug-likeness (QED) is 0.393. The second-order valence-corrected chi connectivity index (χ2v) is 6.18. The van der Waals surface area contributed by atoms with Crippen molar-refractivity contribution in [3.05, 3.63) is 69.3 Å². The van der Waals surface area contributed by atoms with E-state index in [1.165, 1.54) is 37.3 Å². The molecule has 0 N–H and O–H groups in total. The van der Waals surface area contributed by atoms with Gasteiger partial charge in [-0.15, -0.1) is 0 Å². The van der Waals surface area contributed by atoms with Crippen molar-refractivity contribution < 1.29 is 24.0 Å². The van der Waals surface area contributed by atoms with E-state index in [1.807, 2.05) is 31.2 Å². The van der Waals surface area contributed by atoms with Crippen LogP contribution in [0.1, 0.15) is 27.9 Å². The van der Waals surface area contributed by atoms with Gasteiger partial charge in [0.15, 0.2) is 5.75 Å². The lowest BCUT2D eigenvalue weighted by Gasteiger charge is -2.23. The highest BCUT2D eigenvalue weighted by Gasteiger charge is 2.22. The van der Waals surface area contributed by atoms with Gasteiger partial charge in [-0.05, 0) is 24.6 Å². The molecule has 0 atom stereocenters. The molecule has 0 aromatic heterocycles. The molecule has 8 heteroatoms. The average molecular weight is 386 g/mol. The summed E-state index contributed by atoms with van der Waals surface area (Å²) in [4.78, 5) is 36.6. The van der Waals surface area contributed by atoms with Gasteiger partial charge in [-0.1, -0.05) is 29.8 Å². The molecular weight excluding hydrogens is 364 g/mol. The van der Waals surface area contributed by atoms with Crippen LogP contribution in [0.5, 0.6) is 5.75 Å². The fourth-order valence-electron chi connectivity index (χ4n) is 2.64. The van der Waals surface area contributed by atoms with E-state index in [-0.39, 0.29) is 36.5 Å². The summed E-state index contributed by atoms with van der Waals surface area (Å²) >= 11 is 0. The van der Waals surface area contributed by atoms with Gasteiger partial charge in [-0.25, -0.2) is 0 Å². The number of rotatable bonds is 8. The first-order chi connectivity index (χ1) is 13.3. The summed E-state index contributed by atoms with van der Waals surface area (Å²) in [5, 5.41) is 11.2. The summed E-state index contributed by atoms with van der Waals surface area (Å²) in [7, 11) is 2.60. The minimum Gasteiger partial charge on any atom is -0.490 e. The van der Waals surface area contributed by atoms with Crippen LogP contribution in [0.2, 0.25) is 0 Å². The number of carbonyl (C=O) groups is 2. The second-order valence-electron chi connectivity index (χ2n) is 6.18. The highest BCUT2D eigenvalue weighted by molar-refractivity contribution is 5.95. The molecule has 8 nitrogen and oxygen atoms in total. The third kappa shape index (κ3) is 5.29. The van der Waals surface area contributed by atoms with Crippen LogP contribution in [0, 0.1) is 17.0 Å². The number of ether oxygens (including phenoxy) is 2. The zero-order chi connectivity index (χ0) is 20.7. The number of carbonyl (C=O) groups excluding carboxylic acids is 2. The lowest BCUT2D eigenvalue weighted by atomic mass is 10.1. The Bertz CT molecular complexity index is 863. The van der Waals surface area contributed by atoms with Crippen LogP contribution in [0.4, 0.5) is 5.69 Å². The topological polar surface area (TPSA) is 99.0 Å². The van der Waals surface area contributed by atoms with Crippen LogP contribution in [-0.2, 0) is 16.1 Å². The first kappa shape index (κ1) is 20.9. The van der Waals surface area contributed by atoms with Crippen LogP contribution in [0.25, 0.3) is 0 Å². The number of amides is 1. The van der Waals surface area contributed by atoms with E-state index in [4.69, 9.17) is 4.74 Å². The maximum absolute atomic E-state index is 13.0. The molecule has 0 unspecified atom stereocenters. The van der Waals surface area contributed by atoms with Crippen molar-refractivity contribution in [3.63, 3.8) is 0 Å². The maximum Gasteiger partial charge on any atom is 0.311 e. The Labute approximate surface area is 162 Å². The predicted molar refractivity (Wildman–Crippen MR) is 102 cm³/mol. The van der Waals surface area contributed by atoms with E-state index in [9.17, 15) is 19.7 Å². The molecule has 2 aromatic carbocycles. The smallest absolute Gasteiger partial charge is 0.311 e. The van der Waals surface area contributed by atoms with E-state index < -0.39 is 16.8 Å². The molecule has 1 amide bonds. The molecule has 148 valence electrons. The summed E-state index contributed by atoms with van der Waals surface area (Å²) < 4.78 is 9.62. The Morgan fingerprint density at radius 2 is 1.79 bits per heavy atom. The minimum absolute atomic E-state index is 0.0202. The largest absolute Gasteiger partial charge is 0.490 e. The van der Waals surface area contributed by atoms with Crippen LogP contribution in [-0.4, -0.2) is 42.5 Å². The van der Waals surface area contributed by atoms with Crippen LogP contribution in [0.15, 0.2) is 42.5 Å². The number of hydrogen-bond acceptors (Lipinski definition) is 6. The predicted octanol–water partition coefficient (Wildman–Crippen LogP) is 3.12. The number of nitro groups is 1. The molecule has 2 aromatic rings. The third-order valence-electron chi connectivity index (χ3n) is 4.22. The summed E-state index contributed by atoms with van der Waals surface area (Å²) in [6.45, 7) is 2.34. The molecule has 2 rings (SSSR count). The molecule has 0 saturated heterocycles. The second kappa shape index (κ2) is 9.50. The van der Waals surface area contributed by atoms with Gasteiger partial charge in [-0.3, -0.25) is 19.7 Å². The van der Waals surface area contributed by atoms with Gasteiger partial charge in [0.1, 0.15) is 0 Å². The molecule has 0 aliphatic carbocycles. The summed E-state index contributed by atoms with van der Waals surface area (Å²) in [5.74, 6) is -0.793. The minimum atomic E-state index is -0.603. The first-order valence-electron chi connectivity index (χ1n) is 8.59. The molecule has 0 radical (unpaired) electrons. The SMILES string of the molecule is COC(=O)CCN(Cc1ccc(C)cc1)C(=O)c1ccc(OC)c([N+](=O)[O-])c1. The van der Waals surface area contributed by atoms with Crippen molar-refractivity contribution in [1.29, 1.82) is 0 Å². The molecule has 0 heterocycles. The van der Waals surface area contributed by atoms with Gasteiger partial charge >= 0.3 is 11.7 Å². The van der Waals surface area contributed by atoms with Crippen molar-refractivity contribution in [1.82, 2.24) is 4.90 Å². The molecule has 0 bridgehead atoms. The van der Waals surface area contributed by atoms with Crippen molar-refractivity contribution in [3.8, 4) is 5.75 Å². The molecule has 0 fully saturated rings. The van der Waals surface area contributed by atoms with Gasteiger partial charge in [0.2, 0.25) is 0 Å². The standard InChI is InChI=1S/C20H22N2O6/c1-14-4-6-15(7-5-14)13-21(11-10-19(23)28-3)20(24)16-8-9-18(27-2)17(12-16)22(25)26/h4-9,12H,10-11,13H2,1-3H3.